The average molecular weight is 408 g/mol. The van der Waals surface area contributed by atoms with Crippen molar-refractivity contribution in [2.24, 2.45) is 0 Å². The number of ether oxygens (including phenoxy) is 1. The Hall–Kier alpha value is -3.06. The smallest absolute Gasteiger partial charge is 0.220 e. The van der Waals surface area contributed by atoms with Gasteiger partial charge in [-0.25, -0.2) is 4.39 Å². The van der Waals surface area contributed by atoms with Crippen LogP contribution in [0.2, 0.25) is 0 Å². The molecule has 6 nitrogen and oxygen atoms in total. The van der Waals surface area contributed by atoms with Crippen molar-refractivity contribution < 1.29 is 13.9 Å². The zero-order valence-electron chi connectivity index (χ0n) is 16.8. The fraction of sp³-hybridized carbons (Fsp3) is 0.348. The molecule has 1 aliphatic heterocycles. The first kappa shape index (κ1) is 20.2. The van der Waals surface area contributed by atoms with Gasteiger partial charge in [0, 0.05) is 43.1 Å². The van der Waals surface area contributed by atoms with Gasteiger partial charge in [0.05, 0.1) is 24.0 Å². The van der Waals surface area contributed by atoms with E-state index in [0.717, 1.165) is 48.4 Å². The van der Waals surface area contributed by atoms with Gasteiger partial charge in [-0.1, -0.05) is 0 Å². The van der Waals surface area contributed by atoms with Crippen LogP contribution in [0, 0.1) is 5.82 Å². The summed E-state index contributed by atoms with van der Waals surface area (Å²) in [7, 11) is 0. The minimum absolute atomic E-state index is 0.0272. The van der Waals surface area contributed by atoms with Gasteiger partial charge < -0.3 is 10.1 Å². The molecule has 1 aliphatic rings. The predicted octanol–water partition coefficient (Wildman–Crippen LogP) is 3.83. The maximum Gasteiger partial charge on any atom is 0.220 e. The summed E-state index contributed by atoms with van der Waals surface area (Å²) in [5.74, 6) is -0.254. The third-order valence-electron chi connectivity index (χ3n) is 5.24. The number of carbonyl (C=O) groups is 1. The number of halogens is 1. The number of rotatable bonds is 8. The summed E-state index contributed by atoms with van der Waals surface area (Å²) in [6, 6.07) is 12.1. The van der Waals surface area contributed by atoms with Crippen LogP contribution in [0.25, 0.3) is 22.5 Å². The molecule has 7 heteroatoms. The maximum absolute atomic E-state index is 13.3. The van der Waals surface area contributed by atoms with Crippen LogP contribution in [0.4, 0.5) is 4.39 Å². The molecule has 1 amide bonds. The Balaban J connectivity index is 1.43. The standard InChI is InChI=1S/C23H25FN4O2/c24-19-7-5-17(6-8-19)21-15-22(18-3-1-11-25-16-18)28(27-21)13-12-26-23(29)10-9-20-4-2-14-30-20/h1,3,5-8,11,15-16,20H,2,4,9-10,12-14H2,(H,26,29). The second kappa shape index (κ2) is 9.63. The summed E-state index contributed by atoms with van der Waals surface area (Å²) >= 11 is 0. The summed E-state index contributed by atoms with van der Waals surface area (Å²) in [6.07, 6.45) is 7.09. The van der Waals surface area contributed by atoms with Crippen LogP contribution in [-0.4, -0.2) is 39.9 Å². The average Bonchev–Trinajstić information content (AvgIpc) is 3.44. The molecule has 1 fully saturated rings. The van der Waals surface area contributed by atoms with Crippen LogP contribution in [0.15, 0.2) is 54.9 Å². The van der Waals surface area contributed by atoms with E-state index in [1.54, 1.807) is 24.5 Å². The van der Waals surface area contributed by atoms with Gasteiger partial charge in [-0.05, 0) is 61.7 Å². The first-order valence-corrected chi connectivity index (χ1v) is 10.3. The summed E-state index contributed by atoms with van der Waals surface area (Å²) in [5, 5.41) is 7.66. The number of benzene rings is 1. The van der Waals surface area contributed by atoms with Gasteiger partial charge in [0.1, 0.15) is 5.82 Å². The van der Waals surface area contributed by atoms with Crippen LogP contribution in [-0.2, 0) is 16.1 Å². The summed E-state index contributed by atoms with van der Waals surface area (Å²) in [4.78, 5) is 16.4. The van der Waals surface area contributed by atoms with Crippen molar-refractivity contribution in [2.75, 3.05) is 13.2 Å². The fourth-order valence-corrected chi connectivity index (χ4v) is 3.65. The third-order valence-corrected chi connectivity index (χ3v) is 5.24. The van der Waals surface area contributed by atoms with E-state index in [2.05, 4.69) is 15.4 Å². The lowest BCUT2D eigenvalue weighted by molar-refractivity contribution is -0.121. The van der Waals surface area contributed by atoms with Crippen molar-refractivity contribution >= 4 is 5.91 Å². The topological polar surface area (TPSA) is 69.0 Å². The van der Waals surface area contributed by atoms with Crippen molar-refractivity contribution in [3.05, 3.63) is 60.7 Å². The molecule has 0 bridgehead atoms. The first-order chi connectivity index (χ1) is 14.7. The molecule has 3 aromatic rings. The van der Waals surface area contributed by atoms with Crippen molar-refractivity contribution in [3.8, 4) is 22.5 Å². The molecule has 1 unspecified atom stereocenters. The highest BCUT2D eigenvalue weighted by atomic mass is 19.1. The van der Waals surface area contributed by atoms with Crippen LogP contribution < -0.4 is 5.32 Å². The highest BCUT2D eigenvalue weighted by molar-refractivity contribution is 5.75. The van der Waals surface area contributed by atoms with Gasteiger partial charge in [0.25, 0.3) is 0 Å². The van der Waals surface area contributed by atoms with E-state index < -0.39 is 0 Å². The first-order valence-electron chi connectivity index (χ1n) is 10.3. The van der Waals surface area contributed by atoms with Crippen molar-refractivity contribution in [1.29, 1.82) is 0 Å². The molecule has 1 N–H and O–H groups in total. The molecule has 4 rings (SSSR count). The number of nitrogens with one attached hydrogen (secondary N) is 1. The molecule has 0 saturated carbocycles. The Morgan fingerprint density at radius 3 is 2.83 bits per heavy atom. The fourth-order valence-electron chi connectivity index (χ4n) is 3.65. The van der Waals surface area contributed by atoms with E-state index in [0.29, 0.717) is 19.5 Å². The number of amides is 1. The minimum Gasteiger partial charge on any atom is -0.378 e. The lowest BCUT2D eigenvalue weighted by atomic mass is 10.1. The zero-order chi connectivity index (χ0) is 20.8. The van der Waals surface area contributed by atoms with E-state index in [4.69, 9.17) is 4.74 Å². The largest absolute Gasteiger partial charge is 0.378 e. The van der Waals surface area contributed by atoms with Gasteiger partial charge in [-0.3, -0.25) is 14.5 Å². The Kier molecular flexibility index (Phi) is 6.49. The number of hydrogen-bond acceptors (Lipinski definition) is 4. The molecule has 0 radical (unpaired) electrons. The number of pyridine rings is 1. The molecular weight excluding hydrogens is 383 g/mol. The second-order valence-corrected chi connectivity index (χ2v) is 7.41. The van der Waals surface area contributed by atoms with Crippen molar-refractivity contribution in [1.82, 2.24) is 20.1 Å². The summed E-state index contributed by atoms with van der Waals surface area (Å²) in [6.45, 7) is 1.80. The Morgan fingerprint density at radius 1 is 1.23 bits per heavy atom. The third kappa shape index (κ3) is 5.10. The van der Waals surface area contributed by atoms with Crippen molar-refractivity contribution in [3.63, 3.8) is 0 Å². The quantitative estimate of drug-likeness (QED) is 0.615. The van der Waals surface area contributed by atoms with Crippen molar-refractivity contribution in [2.45, 2.75) is 38.3 Å². The molecule has 30 heavy (non-hydrogen) atoms. The maximum atomic E-state index is 13.3. The Labute approximate surface area is 175 Å². The number of nitrogens with zero attached hydrogens (tertiary/aromatic N) is 3. The molecule has 0 spiro atoms. The van der Waals surface area contributed by atoms with E-state index in [1.807, 2.05) is 22.9 Å². The van der Waals surface area contributed by atoms with Crippen LogP contribution in [0.1, 0.15) is 25.7 Å². The highest BCUT2D eigenvalue weighted by Gasteiger charge is 2.17. The van der Waals surface area contributed by atoms with Crippen LogP contribution in [0.3, 0.4) is 0 Å². The molecular formula is C23H25FN4O2. The Morgan fingerprint density at radius 2 is 2.10 bits per heavy atom. The lowest BCUT2D eigenvalue weighted by Gasteiger charge is -2.11. The molecule has 3 heterocycles. The minimum atomic E-state index is -0.281. The van der Waals surface area contributed by atoms with Gasteiger partial charge in [-0.2, -0.15) is 5.10 Å². The van der Waals surface area contributed by atoms with E-state index in [9.17, 15) is 9.18 Å². The SMILES string of the molecule is O=C(CCC1CCCO1)NCCn1nc(-c2ccc(F)cc2)cc1-c1cccnc1. The molecule has 156 valence electrons. The Bertz CT molecular complexity index is 967. The van der Waals surface area contributed by atoms with E-state index in [-0.39, 0.29) is 17.8 Å². The summed E-state index contributed by atoms with van der Waals surface area (Å²) in [5.41, 5.74) is 3.42. The second-order valence-electron chi connectivity index (χ2n) is 7.41. The van der Waals surface area contributed by atoms with Gasteiger partial charge in [0.2, 0.25) is 5.91 Å². The molecule has 1 saturated heterocycles. The van der Waals surface area contributed by atoms with Gasteiger partial charge in [-0.15, -0.1) is 0 Å². The van der Waals surface area contributed by atoms with Crippen LogP contribution in [0.5, 0.6) is 0 Å². The number of aromatic nitrogens is 3. The van der Waals surface area contributed by atoms with E-state index in [1.165, 1.54) is 12.1 Å². The molecule has 1 aromatic carbocycles. The predicted molar refractivity (Wildman–Crippen MR) is 112 cm³/mol. The van der Waals surface area contributed by atoms with E-state index >= 15 is 0 Å². The zero-order valence-corrected chi connectivity index (χ0v) is 16.8. The van der Waals surface area contributed by atoms with Gasteiger partial charge >= 0.3 is 0 Å². The van der Waals surface area contributed by atoms with Crippen LogP contribution >= 0.6 is 0 Å². The summed E-state index contributed by atoms with van der Waals surface area (Å²) < 4.78 is 20.7. The normalized spacial score (nSPS) is 16.0. The molecule has 0 aliphatic carbocycles. The monoisotopic (exact) mass is 408 g/mol. The van der Waals surface area contributed by atoms with Gasteiger partial charge in [0.15, 0.2) is 0 Å². The highest BCUT2D eigenvalue weighted by Crippen LogP contribution is 2.26. The molecule has 2 aromatic heterocycles. The molecule has 1 atom stereocenters. The lowest BCUT2D eigenvalue weighted by Crippen LogP contribution is -2.28. The number of carbonyl (C=O) groups excluding carboxylic acids is 1. The number of hydrogen-bond donors (Lipinski definition) is 1.